The summed E-state index contributed by atoms with van der Waals surface area (Å²) in [5, 5.41) is 0. The van der Waals surface area contributed by atoms with Crippen molar-refractivity contribution in [3.8, 4) is 0 Å². The zero-order chi connectivity index (χ0) is 11.4. The molecule has 2 aromatic rings. The first kappa shape index (κ1) is 11.3. The van der Waals surface area contributed by atoms with Crippen LogP contribution in [0.1, 0.15) is 17.2 Å². The van der Waals surface area contributed by atoms with Gasteiger partial charge in [-0.15, -0.1) is 0 Å². The van der Waals surface area contributed by atoms with E-state index in [9.17, 15) is 0 Å². The van der Waals surface area contributed by atoms with Crippen molar-refractivity contribution in [2.45, 2.75) is 12.5 Å². The number of nitrogens with two attached hydrogens (primary N) is 1. The molecular weight excluding hydrogens is 264 g/mol. The van der Waals surface area contributed by atoms with Crippen LogP contribution in [0.3, 0.4) is 0 Å². The number of pyridine rings is 1. The van der Waals surface area contributed by atoms with Crippen LogP contribution in [-0.2, 0) is 6.42 Å². The van der Waals surface area contributed by atoms with E-state index in [4.69, 9.17) is 5.73 Å². The Morgan fingerprint density at radius 2 is 2.12 bits per heavy atom. The number of halogens is 1. The summed E-state index contributed by atoms with van der Waals surface area (Å²) in [7, 11) is 0. The van der Waals surface area contributed by atoms with Crippen LogP contribution in [0.2, 0.25) is 0 Å². The van der Waals surface area contributed by atoms with Gasteiger partial charge in [-0.05, 0) is 35.7 Å². The average Bonchev–Trinajstić information content (AvgIpc) is 2.30. The molecule has 82 valence electrons. The molecule has 0 bridgehead atoms. The lowest BCUT2D eigenvalue weighted by Crippen LogP contribution is -2.13. The van der Waals surface area contributed by atoms with Gasteiger partial charge >= 0.3 is 0 Å². The summed E-state index contributed by atoms with van der Waals surface area (Å²) in [6.07, 6.45) is 4.41. The van der Waals surface area contributed by atoms with E-state index >= 15 is 0 Å². The van der Waals surface area contributed by atoms with E-state index in [2.05, 4.69) is 33.0 Å². The molecule has 0 fully saturated rings. The van der Waals surface area contributed by atoms with Crippen LogP contribution in [-0.4, -0.2) is 4.98 Å². The topological polar surface area (TPSA) is 38.9 Å². The molecule has 2 N–H and O–H groups in total. The molecule has 1 aromatic carbocycles. The SMILES string of the molecule is NC(Cc1cccc(Br)c1)c1cccnc1. The monoisotopic (exact) mass is 276 g/mol. The smallest absolute Gasteiger partial charge is 0.0351 e. The maximum absolute atomic E-state index is 6.12. The maximum atomic E-state index is 6.12. The van der Waals surface area contributed by atoms with Crippen LogP contribution in [0.15, 0.2) is 53.3 Å². The Kier molecular flexibility index (Phi) is 3.70. The normalized spacial score (nSPS) is 12.4. The van der Waals surface area contributed by atoms with Crippen LogP contribution in [0, 0.1) is 0 Å². The molecule has 0 saturated carbocycles. The van der Waals surface area contributed by atoms with Crippen molar-refractivity contribution in [1.82, 2.24) is 4.98 Å². The Bertz CT molecular complexity index is 456. The zero-order valence-corrected chi connectivity index (χ0v) is 10.4. The summed E-state index contributed by atoms with van der Waals surface area (Å²) in [4.78, 5) is 4.08. The fraction of sp³-hybridized carbons (Fsp3) is 0.154. The Labute approximate surface area is 104 Å². The van der Waals surface area contributed by atoms with Crippen molar-refractivity contribution in [3.05, 3.63) is 64.4 Å². The molecule has 0 aliphatic heterocycles. The van der Waals surface area contributed by atoms with E-state index in [0.717, 1.165) is 16.5 Å². The molecule has 0 aliphatic carbocycles. The van der Waals surface area contributed by atoms with Gasteiger partial charge in [-0.2, -0.15) is 0 Å². The Morgan fingerprint density at radius 1 is 1.25 bits per heavy atom. The fourth-order valence-electron chi connectivity index (χ4n) is 1.63. The summed E-state index contributed by atoms with van der Waals surface area (Å²) >= 11 is 3.46. The Balaban J connectivity index is 2.11. The van der Waals surface area contributed by atoms with Crippen molar-refractivity contribution >= 4 is 15.9 Å². The van der Waals surface area contributed by atoms with Gasteiger partial charge in [0, 0.05) is 22.9 Å². The second-order valence-corrected chi connectivity index (χ2v) is 4.64. The zero-order valence-electron chi connectivity index (χ0n) is 8.81. The van der Waals surface area contributed by atoms with E-state index in [1.807, 2.05) is 30.5 Å². The van der Waals surface area contributed by atoms with Crippen molar-refractivity contribution in [2.24, 2.45) is 5.73 Å². The molecule has 0 aliphatic rings. The predicted molar refractivity (Wildman–Crippen MR) is 69.0 cm³/mol. The third-order valence-electron chi connectivity index (χ3n) is 2.46. The Hall–Kier alpha value is -1.19. The first-order valence-electron chi connectivity index (χ1n) is 5.15. The summed E-state index contributed by atoms with van der Waals surface area (Å²) in [5.74, 6) is 0. The van der Waals surface area contributed by atoms with Crippen LogP contribution in [0.5, 0.6) is 0 Å². The van der Waals surface area contributed by atoms with Crippen LogP contribution < -0.4 is 5.73 Å². The largest absolute Gasteiger partial charge is 0.324 e. The van der Waals surface area contributed by atoms with E-state index in [-0.39, 0.29) is 6.04 Å². The molecule has 1 aromatic heterocycles. The Morgan fingerprint density at radius 3 is 2.81 bits per heavy atom. The third kappa shape index (κ3) is 2.90. The second-order valence-electron chi connectivity index (χ2n) is 3.73. The highest BCUT2D eigenvalue weighted by Crippen LogP contribution is 2.18. The molecule has 0 saturated heterocycles. The minimum atomic E-state index is 0.00278. The molecule has 3 heteroatoms. The molecule has 1 unspecified atom stereocenters. The second kappa shape index (κ2) is 5.23. The van der Waals surface area contributed by atoms with E-state index in [1.54, 1.807) is 6.20 Å². The number of aromatic nitrogens is 1. The number of benzene rings is 1. The standard InChI is InChI=1S/C13H13BrN2/c14-12-5-1-3-10(7-12)8-13(15)11-4-2-6-16-9-11/h1-7,9,13H,8,15H2. The van der Waals surface area contributed by atoms with Gasteiger partial charge in [0.1, 0.15) is 0 Å². The molecule has 0 spiro atoms. The lowest BCUT2D eigenvalue weighted by molar-refractivity contribution is 0.718. The minimum absolute atomic E-state index is 0.00278. The summed E-state index contributed by atoms with van der Waals surface area (Å²) in [6.45, 7) is 0. The third-order valence-corrected chi connectivity index (χ3v) is 2.95. The minimum Gasteiger partial charge on any atom is -0.324 e. The molecule has 1 heterocycles. The van der Waals surface area contributed by atoms with Crippen molar-refractivity contribution in [2.75, 3.05) is 0 Å². The van der Waals surface area contributed by atoms with Gasteiger partial charge in [0.25, 0.3) is 0 Å². The van der Waals surface area contributed by atoms with E-state index in [0.29, 0.717) is 0 Å². The van der Waals surface area contributed by atoms with Gasteiger partial charge in [-0.1, -0.05) is 34.1 Å². The molecule has 2 nitrogen and oxygen atoms in total. The number of hydrogen-bond acceptors (Lipinski definition) is 2. The molecule has 2 rings (SSSR count). The highest BCUT2D eigenvalue weighted by atomic mass is 79.9. The van der Waals surface area contributed by atoms with Gasteiger partial charge in [0.2, 0.25) is 0 Å². The van der Waals surface area contributed by atoms with Crippen LogP contribution in [0.25, 0.3) is 0 Å². The molecule has 0 radical (unpaired) electrons. The lowest BCUT2D eigenvalue weighted by Gasteiger charge is -2.11. The summed E-state index contributed by atoms with van der Waals surface area (Å²) in [6, 6.07) is 12.1. The van der Waals surface area contributed by atoms with Gasteiger partial charge in [0.15, 0.2) is 0 Å². The summed E-state index contributed by atoms with van der Waals surface area (Å²) in [5.41, 5.74) is 8.42. The highest BCUT2D eigenvalue weighted by molar-refractivity contribution is 9.10. The molecule has 16 heavy (non-hydrogen) atoms. The van der Waals surface area contributed by atoms with Crippen molar-refractivity contribution < 1.29 is 0 Å². The summed E-state index contributed by atoms with van der Waals surface area (Å²) < 4.78 is 1.09. The first-order valence-corrected chi connectivity index (χ1v) is 5.95. The van der Waals surface area contributed by atoms with E-state index in [1.165, 1.54) is 5.56 Å². The van der Waals surface area contributed by atoms with E-state index < -0.39 is 0 Å². The molecule has 0 amide bonds. The van der Waals surface area contributed by atoms with Crippen molar-refractivity contribution in [3.63, 3.8) is 0 Å². The number of rotatable bonds is 3. The van der Waals surface area contributed by atoms with Crippen LogP contribution in [0.4, 0.5) is 0 Å². The quantitative estimate of drug-likeness (QED) is 0.936. The highest BCUT2D eigenvalue weighted by Gasteiger charge is 2.06. The fourth-order valence-corrected chi connectivity index (χ4v) is 2.08. The molecule has 1 atom stereocenters. The van der Waals surface area contributed by atoms with Gasteiger partial charge < -0.3 is 5.73 Å². The van der Waals surface area contributed by atoms with Gasteiger partial charge in [0.05, 0.1) is 0 Å². The predicted octanol–water partition coefficient (Wildman–Crippen LogP) is 3.09. The number of hydrogen-bond donors (Lipinski definition) is 1. The maximum Gasteiger partial charge on any atom is 0.0351 e. The first-order chi connectivity index (χ1) is 7.75. The number of nitrogens with zero attached hydrogens (tertiary/aromatic N) is 1. The average molecular weight is 277 g/mol. The molecular formula is C13H13BrN2. The van der Waals surface area contributed by atoms with Gasteiger partial charge in [-0.3, -0.25) is 4.98 Å². The van der Waals surface area contributed by atoms with Crippen molar-refractivity contribution in [1.29, 1.82) is 0 Å². The van der Waals surface area contributed by atoms with Crippen LogP contribution >= 0.6 is 15.9 Å². The van der Waals surface area contributed by atoms with Gasteiger partial charge in [-0.25, -0.2) is 0 Å². The lowest BCUT2D eigenvalue weighted by atomic mass is 10.0.